The van der Waals surface area contributed by atoms with Crippen LogP contribution in [0.2, 0.25) is 0 Å². The van der Waals surface area contributed by atoms with E-state index in [1.165, 1.54) is 0 Å². The van der Waals surface area contributed by atoms with Crippen LogP contribution in [-0.4, -0.2) is 30.2 Å². The third-order valence-corrected chi connectivity index (χ3v) is 5.76. The average Bonchev–Trinajstić information content (AvgIpc) is 2.92. The Morgan fingerprint density at radius 1 is 1.20 bits per heavy atom. The number of rotatable bonds is 3. The predicted octanol–water partition coefficient (Wildman–Crippen LogP) is 2.36. The monoisotopic (exact) mass is 424 g/mol. The zero-order valence-electron chi connectivity index (χ0n) is 12.8. The summed E-state index contributed by atoms with van der Waals surface area (Å²) in [6.07, 6.45) is -0.887. The summed E-state index contributed by atoms with van der Waals surface area (Å²) < 4.78 is 31.5. The minimum atomic E-state index is -4.06. The Labute approximate surface area is 153 Å². The van der Waals surface area contributed by atoms with Crippen molar-refractivity contribution in [3.63, 3.8) is 0 Å². The smallest absolute Gasteiger partial charge is 0.370 e. The topological polar surface area (TPSA) is 76.2 Å². The lowest BCUT2D eigenvalue weighted by molar-refractivity contribution is -0.201. The van der Waals surface area contributed by atoms with Crippen LogP contribution >= 0.6 is 15.9 Å². The first kappa shape index (κ1) is 16.5. The molecule has 2 aromatic rings. The summed E-state index contributed by atoms with van der Waals surface area (Å²) in [5, 5.41) is 1.11. The molecule has 0 unspecified atom stereocenters. The van der Waals surface area contributed by atoms with Crippen LogP contribution in [0.1, 0.15) is 17.3 Å². The molecule has 0 aliphatic carbocycles. The van der Waals surface area contributed by atoms with Gasteiger partial charge in [0.25, 0.3) is 5.91 Å². The predicted molar refractivity (Wildman–Crippen MR) is 91.2 cm³/mol. The number of halogens is 1. The molecule has 0 radical (unpaired) electrons. The molecule has 1 amide bonds. The highest BCUT2D eigenvalue weighted by Crippen LogP contribution is 2.44. The van der Waals surface area contributed by atoms with Gasteiger partial charge in [-0.1, -0.05) is 46.3 Å². The fourth-order valence-electron chi connectivity index (χ4n) is 2.84. The molecule has 0 spiro atoms. The van der Waals surface area contributed by atoms with E-state index in [1.54, 1.807) is 18.2 Å². The lowest BCUT2D eigenvalue weighted by atomic mass is 10.1. The Morgan fingerprint density at radius 3 is 2.72 bits per heavy atom. The van der Waals surface area contributed by atoms with Gasteiger partial charge in [0.1, 0.15) is 13.2 Å². The molecule has 2 aliphatic rings. The molecule has 9 heteroatoms. The molecule has 2 heterocycles. The number of hydroxylamine groups is 2. The van der Waals surface area contributed by atoms with Gasteiger partial charge in [-0.05, 0) is 23.8 Å². The number of carbonyl (C=O) groups is 1. The first-order chi connectivity index (χ1) is 12.0. The highest BCUT2D eigenvalue weighted by Gasteiger charge is 2.51. The van der Waals surface area contributed by atoms with E-state index in [4.69, 9.17) is 9.02 Å². The van der Waals surface area contributed by atoms with Gasteiger partial charge in [-0.25, -0.2) is 0 Å². The molecule has 4 rings (SSSR count). The average molecular weight is 425 g/mol. The van der Waals surface area contributed by atoms with Gasteiger partial charge in [0.15, 0.2) is 11.9 Å². The van der Waals surface area contributed by atoms with Gasteiger partial charge in [0, 0.05) is 10.0 Å². The van der Waals surface area contributed by atoms with Crippen molar-refractivity contribution in [3.05, 3.63) is 64.1 Å². The van der Waals surface area contributed by atoms with Gasteiger partial charge in [-0.3, -0.25) is 9.63 Å². The SMILES string of the molecule is O=C1CN2[C@@H](c3cc(Br)ccc3OS2(=O)=O)N1OCc1ccccc1. The van der Waals surface area contributed by atoms with E-state index in [9.17, 15) is 13.2 Å². The molecule has 1 fully saturated rings. The second kappa shape index (κ2) is 6.10. The van der Waals surface area contributed by atoms with Crippen molar-refractivity contribution < 1.29 is 22.2 Å². The Bertz CT molecular complexity index is 935. The molecule has 7 nitrogen and oxygen atoms in total. The summed E-state index contributed by atoms with van der Waals surface area (Å²) in [6, 6.07) is 14.3. The van der Waals surface area contributed by atoms with Crippen LogP contribution in [-0.2, 0) is 26.5 Å². The van der Waals surface area contributed by atoms with E-state index < -0.39 is 22.4 Å². The summed E-state index contributed by atoms with van der Waals surface area (Å²) in [5.74, 6) is -0.256. The highest BCUT2D eigenvalue weighted by atomic mass is 79.9. The number of amides is 1. The Morgan fingerprint density at radius 2 is 1.96 bits per heavy atom. The van der Waals surface area contributed by atoms with Crippen molar-refractivity contribution in [3.8, 4) is 5.75 Å². The first-order valence-electron chi connectivity index (χ1n) is 7.45. The second-order valence-corrected chi connectivity index (χ2v) is 8.03. The van der Waals surface area contributed by atoms with Gasteiger partial charge in [0.2, 0.25) is 0 Å². The van der Waals surface area contributed by atoms with Crippen molar-refractivity contribution >= 4 is 32.1 Å². The number of carbonyl (C=O) groups excluding carboxylic acids is 1. The summed E-state index contributed by atoms with van der Waals surface area (Å²) in [5.41, 5.74) is 1.42. The van der Waals surface area contributed by atoms with Crippen molar-refractivity contribution in [2.24, 2.45) is 0 Å². The molecule has 0 N–H and O–H groups in total. The largest absolute Gasteiger partial charge is 0.387 e. The van der Waals surface area contributed by atoms with Crippen LogP contribution in [0.15, 0.2) is 53.0 Å². The number of fused-ring (bicyclic) bond motifs is 3. The van der Waals surface area contributed by atoms with E-state index in [2.05, 4.69) is 15.9 Å². The third-order valence-electron chi connectivity index (χ3n) is 3.98. The summed E-state index contributed by atoms with van der Waals surface area (Å²) in [4.78, 5) is 18.0. The van der Waals surface area contributed by atoms with E-state index in [1.807, 2.05) is 30.3 Å². The first-order valence-corrected chi connectivity index (χ1v) is 9.61. The quantitative estimate of drug-likeness (QED) is 0.755. The van der Waals surface area contributed by atoms with Gasteiger partial charge in [-0.15, -0.1) is 4.31 Å². The summed E-state index contributed by atoms with van der Waals surface area (Å²) in [6.45, 7) is -0.172. The van der Waals surface area contributed by atoms with E-state index in [-0.39, 0.29) is 18.9 Å². The number of nitrogens with zero attached hydrogens (tertiary/aromatic N) is 2. The molecule has 0 aromatic heterocycles. The lowest BCUT2D eigenvalue weighted by Crippen LogP contribution is -2.41. The molecule has 25 heavy (non-hydrogen) atoms. The van der Waals surface area contributed by atoms with Crippen LogP contribution < -0.4 is 4.18 Å². The van der Waals surface area contributed by atoms with Crippen LogP contribution in [0.4, 0.5) is 0 Å². The molecular formula is C16H13BrN2O5S. The van der Waals surface area contributed by atoms with Crippen molar-refractivity contribution in [2.45, 2.75) is 12.8 Å². The molecule has 2 aliphatic heterocycles. The van der Waals surface area contributed by atoms with Crippen LogP contribution in [0, 0.1) is 0 Å². The maximum atomic E-state index is 12.4. The Hall–Kier alpha value is -1.94. The lowest BCUT2D eigenvalue weighted by Gasteiger charge is -2.33. The van der Waals surface area contributed by atoms with Gasteiger partial charge < -0.3 is 4.18 Å². The van der Waals surface area contributed by atoms with Gasteiger partial charge in [-0.2, -0.15) is 13.5 Å². The molecule has 2 aromatic carbocycles. The zero-order chi connectivity index (χ0) is 17.6. The summed E-state index contributed by atoms with van der Waals surface area (Å²) in [7, 11) is -4.06. The van der Waals surface area contributed by atoms with E-state index in [0.717, 1.165) is 19.4 Å². The molecule has 1 saturated heterocycles. The number of hydrogen-bond acceptors (Lipinski definition) is 5. The standard InChI is InChI=1S/C16H13BrN2O5S/c17-12-6-7-14-13(8-12)16-18(25(21,22)24-14)9-15(20)19(16)23-10-11-4-2-1-3-5-11/h1-8,16H,9-10H2/t16-/m1/s1. The third kappa shape index (κ3) is 2.93. The zero-order valence-corrected chi connectivity index (χ0v) is 15.2. The minimum absolute atomic E-state index is 0.154. The molecule has 0 bridgehead atoms. The maximum absolute atomic E-state index is 12.4. The second-order valence-electron chi connectivity index (χ2n) is 5.62. The van der Waals surface area contributed by atoms with Crippen LogP contribution in [0.3, 0.4) is 0 Å². The minimum Gasteiger partial charge on any atom is -0.370 e. The van der Waals surface area contributed by atoms with Gasteiger partial charge in [0.05, 0.1) is 0 Å². The van der Waals surface area contributed by atoms with E-state index >= 15 is 0 Å². The van der Waals surface area contributed by atoms with Crippen LogP contribution in [0.25, 0.3) is 0 Å². The normalized spacial score (nSPS) is 21.6. The maximum Gasteiger partial charge on any atom is 0.387 e. The summed E-state index contributed by atoms with van der Waals surface area (Å²) >= 11 is 3.36. The molecular weight excluding hydrogens is 412 g/mol. The van der Waals surface area contributed by atoms with Crippen molar-refractivity contribution in [2.75, 3.05) is 6.54 Å². The molecule has 1 atom stereocenters. The Balaban J connectivity index is 1.70. The number of benzene rings is 2. The van der Waals surface area contributed by atoms with Crippen LogP contribution in [0.5, 0.6) is 5.75 Å². The fourth-order valence-corrected chi connectivity index (χ4v) is 4.41. The number of hydrogen-bond donors (Lipinski definition) is 0. The van der Waals surface area contributed by atoms with Gasteiger partial charge >= 0.3 is 10.3 Å². The molecule has 0 saturated carbocycles. The molecule has 130 valence electrons. The van der Waals surface area contributed by atoms with Crippen molar-refractivity contribution in [1.29, 1.82) is 0 Å². The van der Waals surface area contributed by atoms with E-state index in [0.29, 0.717) is 5.56 Å². The highest BCUT2D eigenvalue weighted by molar-refractivity contribution is 9.10. The fraction of sp³-hybridized carbons (Fsp3) is 0.188. The Kier molecular flexibility index (Phi) is 4.03. The van der Waals surface area contributed by atoms with Crippen molar-refractivity contribution in [1.82, 2.24) is 9.37 Å².